The number of rotatable bonds is 1. The van der Waals surface area contributed by atoms with Crippen molar-refractivity contribution in [3.63, 3.8) is 0 Å². The number of halogens is 3. The van der Waals surface area contributed by atoms with Gasteiger partial charge in [-0.15, -0.1) is 0 Å². The van der Waals surface area contributed by atoms with Crippen molar-refractivity contribution < 1.29 is 13.2 Å². The third-order valence-corrected chi connectivity index (χ3v) is 4.96. The predicted molar refractivity (Wildman–Crippen MR) is 76.2 cm³/mol. The van der Waals surface area contributed by atoms with Crippen LogP contribution in [0.4, 0.5) is 19.0 Å². The molecule has 2 heterocycles. The second kappa shape index (κ2) is 5.45. The molecule has 118 valence electrons. The molecule has 1 saturated heterocycles. The van der Waals surface area contributed by atoms with E-state index in [1.165, 1.54) is 12.5 Å². The molecule has 2 fully saturated rings. The van der Waals surface area contributed by atoms with Crippen LogP contribution in [0.15, 0.2) is 12.1 Å². The Morgan fingerprint density at radius 3 is 2.68 bits per heavy atom. The average Bonchev–Trinajstić information content (AvgIpc) is 2.83. The van der Waals surface area contributed by atoms with E-state index in [9.17, 15) is 18.4 Å². The summed E-state index contributed by atoms with van der Waals surface area (Å²) < 4.78 is 38.8. The fraction of sp³-hybridized carbons (Fsp3) is 0.625. The van der Waals surface area contributed by atoms with Crippen molar-refractivity contribution in [3.8, 4) is 6.07 Å². The standard InChI is InChI=1S/C16H18F3N3/c1-10-9-22(13-5-3-2-4-12(10)13)15-11(8-20)6-7-14(21-15)16(17,18)19/h6-7,10,12-13H,2-5,9H2,1H3. The minimum atomic E-state index is -4.49. The van der Waals surface area contributed by atoms with E-state index >= 15 is 0 Å². The van der Waals surface area contributed by atoms with Crippen LogP contribution >= 0.6 is 0 Å². The number of nitriles is 1. The lowest BCUT2D eigenvalue weighted by molar-refractivity contribution is -0.141. The number of alkyl halides is 3. The van der Waals surface area contributed by atoms with E-state index in [0.29, 0.717) is 18.4 Å². The van der Waals surface area contributed by atoms with Crippen LogP contribution < -0.4 is 4.90 Å². The summed E-state index contributed by atoms with van der Waals surface area (Å²) in [5.41, 5.74) is -0.695. The molecule has 3 rings (SSSR count). The third kappa shape index (κ3) is 2.53. The maximum atomic E-state index is 12.9. The van der Waals surface area contributed by atoms with E-state index in [-0.39, 0.29) is 17.4 Å². The van der Waals surface area contributed by atoms with Crippen LogP contribution in [0, 0.1) is 23.2 Å². The van der Waals surface area contributed by atoms with Gasteiger partial charge in [-0.1, -0.05) is 19.8 Å². The van der Waals surface area contributed by atoms with Gasteiger partial charge in [0, 0.05) is 12.6 Å². The summed E-state index contributed by atoms with van der Waals surface area (Å²) in [6, 6.07) is 4.34. The second-order valence-corrected chi connectivity index (χ2v) is 6.32. The lowest BCUT2D eigenvalue weighted by atomic mass is 9.80. The Labute approximate surface area is 127 Å². The van der Waals surface area contributed by atoms with Gasteiger partial charge in [0.25, 0.3) is 0 Å². The van der Waals surface area contributed by atoms with Gasteiger partial charge < -0.3 is 4.90 Å². The summed E-state index contributed by atoms with van der Waals surface area (Å²) in [7, 11) is 0. The quantitative estimate of drug-likeness (QED) is 0.787. The zero-order chi connectivity index (χ0) is 15.9. The monoisotopic (exact) mass is 309 g/mol. The van der Waals surface area contributed by atoms with Crippen molar-refractivity contribution in [3.05, 3.63) is 23.4 Å². The number of hydrogen-bond donors (Lipinski definition) is 0. The van der Waals surface area contributed by atoms with Gasteiger partial charge in [0.1, 0.15) is 17.6 Å². The summed E-state index contributed by atoms with van der Waals surface area (Å²) >= 11 is 0. The number of aromatic nitrogens is 1. The normalized spacial score (nSPS) is 28.3. The summed E-state index contributed by atoms with van der Waals surface area (Å²) in [5, 5.41) is 9.24. The second-order valence-electron chi connectivity index (χ2n) is 6.32. The zero-order valence-electron chi connectivity index (χ0n) is 12.4. The topological polar surface area (TPSA) is 39.9 Å². The first kappa shape index (κ1) is 15.1. The molecule has 6 heteroatoms. The Balaban J connectivity index is 2.01. The Hall–Kier alpha value is -1.77. The van der Waals surface area contributed by atoms with Crippen molar-refractivity contribution >= 4 is 5.82 Å². The third-order valence-electron chi connectivity index (χ3n) is 4.96. The Kier molecular flexibility index (Phi) is 3.75. The molecule has 0 spiro atoms. The Morgan fingerprint density at radius 1 is 1.27 bits per heavy atom. The first-order chi connectivity index (χ1) is 10.4. The predicted octanol–water partition coefficient (Wildman–Crippen LogP) is 3.99. The molecule has 0 amide bonds. The highest BCUT2D eigenvalue weighted by molar-refractivity contribution is 5.56. The molecule has 0 N–H and O–H groups in total. The van der Waals surface area contributed by atoms with Crippen LogP contribution in [0.5, 0.6) is 0 Å². The summed E-state index contributed by atoms with van der Waals surface area (Å²) in [6.07, 6.45) is -0.132. The molecule has 1 aromatic heterocycles. The first-order valence-electron chi connectivity index (χ1n) is 7.67. The van der Waals surface area contributed by atoms with Crippen molar-refractivity contribution in [2.75, 3.05) is 11.4 Å². The maximum Gasteiger partial charge on any atom is 0.433 e. The van der Waals surface area contributed by atoms with Gasteiger partial charge >= 0.3 is 6.18 Å². The van der Waals surface area contributed by atoms with Gasteiger partial charge in [-0.25, -0.2) is 4.98 Å². The van der Waals surface area contributed by atoms with Gasteiger partial charge in [-0.2, -0.15) is 18.4 Å². The minimum Gasteiger partial charge on any atom is -0.352 e. The molecule has 1 saturated carbocycles. The van der Waals surface area contributed by atoms with Gasteiger partial charge in [-0.05, 0) is 36.8 Å². The van der Waals surface area contributed by atoms with E-state index < -0.39 is 11.9 Å². The van der Waals surface area contributed by atoms with Crippen molar-refractivity contribution in [1.29, 1.82) is 5.26 Å². The van der Waals surface area contributed by atoms with Crippen molar-refractivity contribution in [2.24, 2.45) is 11.8 Å². The molecule has 3 nitrogen and oxygen atoms in total. The molecule has 22 heavy (non-hydrogen) atoms. The Morgan fingerprint density at radius 2 is 2.00 bits per heavy atom. The summed E-state index contributed by atoms with van der Waals surface area (Å²) in [6.45, 7) is 2.82. The van der Waals surface area contributed by atoms with Crippen molar-refractivity contribution in [2.45, 2.75) is 44.8 Å². The minimum absolute atomic E-state index is 0.207. The molecule has 3 atom stereocenters. The van der Waals surface area contributed by atoms with Gasteiger partial charge in [0.15, 0.2) is 0 Å². The van der Waals surface area contributed by atoms with Crippen LogP contribution in [-0.4, -0.2) is 17.6 Å². The smallest absolute Gasteiger partial charge is 0.352 e. The molecule has 0 bridgehead atoms. The van der Waals surface area contributed by atoms with Crippen LogP contribution in [0.1, 0.15) is 43.9 Å². The first-order valence-corrected chi connectivity index (χ1v) is 7.67. The fourth-order valence-corrected chi connectivity index (χ4v) is 3.93. The number of hydrogen-bond acceptors (Lipinski definition) is 3. The SMILES string of the molecule is CC1CN(c2nc(C(F)(F)F)ccc2C#N)C2CCCCC12. The molecule has 1 aromatic rings. The number of nitrogens with zero attached hydrogens (tertiary/aromatic N) is 3. The van der Waals surface area contributed by atoms with Gasteiger partial charge in [-0.3, -0.25) is 0 Å². The molecule has 1 aliphatic carbocycles. The van der Waals surface area contributed by atoms with E-state index in [1.54, 1.807) is 0 Å². The van der Waals surface area contributed by atoms with E-state index in [2.05, 4.69) is 11.9 Å². The van der Waals surface area contributed by atoms with E-state index in [1.807, 2.05) is 11.0 Å². The van der Waals surface area contributed by atoms with Crippen LogP contribution in [0.3, 0.4) is 0 Å². The zero-order valence-corrected chi connectivity index (χ0v) is 12.4. The Bertz CT molecular complexity index is 606. The number of fused-ring (bicyclic) bond motifs is 1. The molecular weight excluding hydrogens is 291 g/mol. The lowest BCUT2D eigenvalue weighted by Crippen LogP contribution is -2.36. The highest BCUT2D eigenvalue weighted by Gasteiger charge is 2.42. The fourth-order valence-electron chi connectivity index (χ4n) is 3.93. The maximum absolute atomic E-state index is 12.9. The summed E-state index contributed by atoms with van der Waals surface area (Å²) in [5.74, 6) is 1.13. The largest absolute Gasteiger partial charge is 0.433 e. The van der Waals surface area contributed by atoms with Gasteiger partial charge in [0.2, 0.25) is 0 Å². The molecule has 3 unspecified atom stereocenters. The van der Waals surface area contributed by atoms with E-state index in [0.717, 1.165) is 25.3 Å². The number of pyridine rings is 1. The molecule has 1 aliphatic heterocycles. The summed E-state index contributed by atoms with van der Waals surface area (Å²) in [4.78, 5) is 5.75. The molecule has 0 aromatic carbocycles. The average molecular weight is 309 g/mol. The molecule has 2 aliphatic rings. The highest BCUT2D eigenvalue weighted by Crippen LogP contribution is 2.42. The molecular formula is C16H18F3N3. The highest BCUT2D eigenvalue weighted by atomic mass is 19.4. The van der Waals surface area contributed by atoms with Gasteiger partial charge in [0.05, 0.1) is 5.56 Å². The molecule has 0 radical (unpaired) electrons. The lowest BCUT2D eigenvalue weighted by Gasteiger charge is -2.33. The number of anilines is 1. The van der Waals surface area contributed by atoms with Crippen molar-refractivity contribution in [1.82, 2.24) is 4.98 Å². The van der Waals surface area contributed by atoms with Crippen LogP contribution in [-0.2, 0) is 6.18 Å². The van der Waals surface area contributed by atoms with Crippen LogP contribution in [0.2, 0.25) is 0 Å². The van der Waals surface area contributed by atoms with Crippen LogP contribution in [0.25, 0.3) is 0 Å². The van der Waals surface area contributed by atoms with E-state index in [4.69, 9.17) is 0 Å².